The van der Waals surface area contributed by atoms with E-state index in [1.54, 1.807) is 0 Å². The van der Waals surface area contributed by atoms with E-state index in [9.17, 15) is 4.79 Å². The van der Waals surface area contributed by atoms with Gasteiger partial charge in [-0.15, -0.1) is 0 Å². The van der Waals surface area contributed by atoms with E-state index in [-0.39, 0.29) is 11.8 Å². The Balaban J connectivity index is 2.00. The maximum Gasteiger partial charge on any atom is 0.227 e. The van der Waals surface area contributed by atoms with Crippen molar-refractivity contribution in [3.05, 3.63) is 0 Å². The Morgan fingerprint density at radius 2 is 2.11 bits per heavy atom. The summed E-state index contributed by atoms with van der Waals surface area (Å²) in [4.78, 5) is 17.3. The molecule has 110 valence electrons. The standard InChI is InChI=1S/C15H29N3O/c1-11(2)7-13(8-16)15(19)18-10-14-5-4-6-17(14)9-12(18)3/h11-14H,4-10,16H2,1-3H3. The van der Waals surface area contributed by atoms with Crippen molar-refractivity contribution in [1.82, 2.24) is 9.80 Å². The Kier molecular flexibility index (Phi) is 4.85. The average molecular weight is 267 g/mol. The number of nitrogens with two attached hydrogens (primary N) is 1. The second-order valence-corrected chi connectivity index (χ2v) is 6.69. The highest BCUT2D eigenvalue weighted by atomic mass is 16.2. The van der Waals surface area contributed by atoms with Gasteiger partial charge in [-0.05, 0) is 38.6 Å². The van der Waals surface area contributed by atoms with Gasteiger partial charge in [0.1, 0.15) is 0 Å². The molecule has 0 spiro atoms. The Hall–Kier alpha value is -0.610. The molecule has 0 aromatic heterocycles. The van der Waals surface area contributed by atoms with E-state index in [1.807, 2.05) is 0 Å². The molecule has 0 saturated carbocycles. The minimum absolute atomic E-state index is 0.00963. The van der Waals surface area contributed by atoms with E-state index < -0.39 is 0 Å². The summed E-state index contributed by atoms with van der Waals surface area (Å²) < 4.78 is 0. The third-order valence-corrected chi connectivity index (χ3v) is 4.61. The number of carbonyl (C=O) groups excluding carboxylic acids is 1. The summed E-state index contributed by atoms with van der Waals surface area (Å²) >= 11 is 0. The lowest BCUT2D eigenvalue weighted by atomic mass is 9.94. The van der Waals surface area contributed by atoms with E-state index in [1.165, 1.54) is 19.4 Å². The molecule has 19 heavy (non-hydrogen) atoms. The third-order valence-electron chi connectivity index (χ3n) is 4.61. The van der Waals surface area contributed by atoms with Gasteiger partial charge in [0, 0.05) is 31.7 Å². The molecule has 2 saturated heterocycles. The minimum atomic E-state index is 0.00963. The average Bonchev–Trinajstić information content (AvgIpc) is 2.80. The van der Waals surface area contributed by atoms with Crippen molar-refractivity contribution < 1.29 is 4.79 Å². The van der Waals surface area contributed by atoms with E-state index in [4.69, 9.17) is 5.73 Å². The molecule has 2 rings (SSSR count). The monoisotopic (exact) mass is 267 g/mol. The summed E-state index contributed by atoms with van der Waals surface area (Å²) in [5, 5.41) is 0. The zero-order valence-electron chi connectivity index (χ0n) is 12.6. The molecule has 0 aliphatic carbocycles. The van der Waals surface area contributed by atoms with Crippen molar-refractivity contribution in [2.45, 2.75) is 52.1 Å². The number of nitrogens with zero attached hydrogens (tertiary/aromatic N) is 2. The van der Waals surface area contributed by atoms with Gasteiger partial charge in [-0.3, -0.25) is 9.69 Å². The smallest absolute Gasteiger partial charge is 0.227 e. The highest BCUT2D eigenvalue weighted by Crippen LogP contribution is 2.26. The first-order valence-corrected chi connectivity index (χ1v) is 7.77. The van der Waals surface area contributed by atoms with Crippen LogP contribution in [-0.2, 0) is 4.79 Å². The van der Waals surface area contributed by atoms with Crippen molar-refractivity contribution in [3.8, 4) is 0 Å². The molecule has 1 amide bonds. The summed E-state index contributed by atoms with van der Waals surface area (Å²) in [6, 6.07) is 0.931. The number of hydrogen-bond acceptors (Lipinski definition) is 3. The number of amides is 1. The Morgan fingerprint density at radius 1 is 1.37 bits per heavy atom. The van der Waals surface area contributed by atoms with Crippen LogP contribution in [0.4, 0.5) is 0 Å². The van der Waals surface area contributed by atoms with Crippen LogP contribution in [0.15, 0.2) is 0 Å². The molecule has 0 bridgehead atoms. The molecule has 0 aromatic carbocycles. The molecule has 2 aliphatic heterocycles. The van der Waals surface area contributed by atoms with Crippen molar-refractivity contribution in [2.24, 2.45) is 17.6 Å². The van der Waals surface area contributed by atoms with Crippen LogP contribution in [0.25, 0.3) is 0 Å². The molecule has 0 radical (unpaired) electrons. The van der Waals surface area contributed by atoms with E-state index >= 15 is 0 Å². The fraction of sp³-hybridized carbons (Fsp3) is 0.933. The van der Waals surface area contributed by atoms with E-state index in [0.717, 1.165) is 19.5 Å². The molecular weight excluding hydrogens is 238 g/mol. The summed E-state index contributed by atoms with van der Waals surface area (Å²) in [5.74, 6) is 0.825. The van der Waals surface area contributed by atoms with Crippen LogP contribution >= 0.6 is 0 Å². The number of piperazine rings is 1. The van der Waals surface area contributed by atoms with Crippen molar-refractivity contribution >= 4 is 5.91 Å². The largest absolute Gasteiger partial charge is 0.337 e. The lowest BCUT2D eigenvalue weighted by Crippen LogP contribution is -2.58. The molecule has 3 unspecified atom stereocenters. The summed E-state index contributed by atoms with van der Waals surface area (Å²) in [6.07, 6.45) is 3.44. The quantitative estimate of drug-likeness (QED) is 0.835. The van der Waals surface area contributed by atoms with Gasteiger partial charge in [-0.25, -0.2) is 0 Å². The van der Waals surface area contributed by atoms with Crippen LogP contribution in [0.2, 0.25) is 0 Å². The van der Waals surface area contributed by atoms with Crippen molar-refractivity contribution in [2.75, 3.05) is 26.2 Å². The van der Waals surface area contributed by atoms with Crippen LogP contribution < -0.4 is 5.73 Å². The van der Waals surface area contributed by atoms with Gasteiger partial charge in [0.25, 0.3) is 0 Å². The van der Waals surface area contributed by atoms with Gasteiger partial charge in [0.2, 0.25) is 5.91 Å². The molecule has 3 atom stereocenters. The first kappa shape index (κ1) is 14.8. The van der Waals surface area contributed by atoms with E-state index in [2.05, 4.69) is 30.6 Å². The molecule has 4 heteroatoms. The minimum Gasteiger partial charge on any atom is -0.337 e. The molecule has 2 heterocycles. The van der Waals surface area contributed by atoms with Crippen LogP contribution in [0.5, 0.6) is 0 Å². The maximum atomic E-state index is 12.7. The van der Waals surface area contributed by atoms with Crippen LogP contribution in [-0.4, -0.2) is 54.0 Å². The molecule has 2 aliphatic rings. The second kappa shape index (κ2) is 6.23. The number of hydrogen-bond donors (Lipinski definition) is 1. The second-order valence-electron chi connectivity index (χ2n) is 6.69. The van der Waals surface area contributed by atoms with Gasteiger partial charge in [0.15, 0.2) is 0 Å². The number of fused-ring (bicyclic) bond motifs is 1. The van der Waals surface area contributed by atoms with Crippen LogP contribution in [0, 0.1) is 11.8 Å². The maximum absolute atomic E-state index is 12.7. The third kappa shape index (κ3) is 3.29. The van der Waals surface area contributed by atoms with Crippen molar-refractivity contribution in [1.29, 1.82) is 0 Å². The first-order chi connectivity index (χ1) is 9.02. The predicted molar refractivity (Wildman–Crippen MR) is 77.8 cm³/mol. The number of carbonyl (C=O) groups is 1. The Bertz CT molecular complexity index is 319. The van der Waals surface area contributed by atoms with Crippen LogP contribution in [0.3, 0.4) is 0 Å². The molecule has 2 fully saturated rings. The van der Waals surface area contributed by atoms with Gasteiger partial charge in [-0.1, -0.05) is 13.8 Å². The lowest BCUT2D eigenvalue weighted by Gasteiger charge is -2.43. The van der Waals surface area contributed by atoms with Gasteiger partial charge >= 0.3 is 0 Å². The topological polar surface area (TPSA) is 49.6 Å². The SMILES string of the molecule is CC(C)CC(CN)C(=O)N1CC2CCCN2CC1C. The van der Waals surface area contributed by atoms with Crippen LogP contribution in [0.1, 0.15) is 40.0 Å². The highest BCUT2D eigenvalue weighted by Gasteiger charge is 2.38. The molecule has 0 aromatic rings. The molecule has 4 nitrogen and oxygen atoms in total. The number of rotatable bonds is 4. The van der Waals surface area contributed by atoms with Gasteiger partial charge in [0.05, 0.1) is 5.92 Å². The zero-order chi connectivity index (χ0) is 14.0. The fourth-order valence-electron chi connectivity index (χ4n) is 3.60. The predicted octanol–water partition coefficient (Wildman–Crippen LogP) is 1.30. The summed E-state index contributed by atoms with van der Waals surface area (Å²) in [7, 11) is 0. The zero-order valence-corrected chi connectivity index (χ0v) is 12.6. The lowest BCUT2D eigenvalue weighted by molar-refractivity contribution is -0.141. The Morgan fingerprint density at radius 3 is 2.74 bits per heavy atom. The fourth-order valence-corrected chi connectivity index (χ4v) is 3.60. The first-order valence-electron chi connectivity index (χ1n) is 7.77. The summed E-state index contributed by atoms with van der Waals surface area (Å²) in [6.45, 7) is 10.1. The summed E-state index contributed by atoms with van der Waals surface area (Å²) in [5.41, 5.74) is 5.82. The van der Waals surface area contributed by atoms with Crippen molar-refractivity contribution in [3.63, 3.8) is 0 Å². The highest BCUT2D eigenvalue weighted by molar-refractivity contribution is 5.79. The van der Waals surface area contributed by atoms with E-state index in [0.29, 0.717) is 24.5 Å². The molecule has 2 N–H and O–H groups in total. The van der Waals surface area contributed by atoms with Gasteiger partial charge in [-0.2, -0.15) is 0 Å². The molecular formula is C15H29N3O. The van der Waals surface area contributed by atoms with Gasteiger partial charge < -0.3 is 10.6 Å². The normalized spacial score (nSPS) is 29.6. The Labute approximate surface area is 117 Å².